The fraction of sp³-hybridized carbons (Fsp3) is 0.300. The maximum atomic E-state index is 13.1. The minimum atomic E-state index is -3.69. The van der Waals surface area contributed by atoms with Crippen LogP contribution in [0.2, 0.25) is 0 Å². The molecule has 6 nitrogen and oxygen atoms in total. The molecule has 0 amide bonds. The van der Waals surface area contributed by atoms with Crippen LogP contribution in [0.1, 0.15) is 26.3 Å². The van der Waals surface area contributed by atoms with Crippen LogP contribution in [0, 0.1) is 0 Å². The summed E-state index contributed by atoms with van der Waals surface area (Å²) in [7, 11) is -3.69. The van der Waals surface area contributed by atoms with E-state index < -0.39 is 9.84 Å². The van der Waals surface area contributed by atoms with E-state index in [0.29, 0.717) is 23.7 Å². The Hall–Kier alpha value is -2.67. The number of aromatic nitrogens is 3. The molecule has 0 aliphatic heterocycles. The molecule has 3 aromatic rings. The molecule has 3 rings (SSSR count). The van der Waals surface area contributed by atoms with Gasteiger partial charge in [-0.2, -0.15) is 0 Å². The number of para-hydroxylation sites is 1. The van der Waals surface area contributed by atoms with Crippen molar-refractivity contribution in [2.75, 3.05) is 0 Å². The van der Waals surface area contributed by atoms with Gasteiger partial charge < -0.3 is 4.74 Å². The van der Waals surface area contributed by atoms with Crippen molar-refractivity contribution in [3.8, 4) is 17.1 Å². The van der Waals surface area contributed by atoms with Gasteiger partial charge in [0.05, 0.1) is 11.9 Å². The largest absolute Gasteiger partial charge is 0.491 e. The minimum absolute atomic E-state index is 0.0248. The number of sulfone groups is 1. The van der Waals surface area contributed by atoms with Crippen molar-refractivity contribution in [3.63, 3.8) is 0 Å². The molecule has 0 radical (unpaired) electrons. The lowest BCUT2D eigenvalue weighted by Gasteiger charge is -2.14. The predicted octanol–water partition coefficient (Wildman–Crippen LogP) is 3.73. The highest BCUT2D eigenvalue weighted by molar-refractivity contribution is 7.90. The minimum Gasteiger partial charge on any atom is -0.491 e. The first-order chi connectivity index (χ1) is 12.9. The van der Waals surface area contributed by atoms with E-state index in [9.17, 15) is 8.42 Å². The van der Waals surface area contributed by atoms with Crippen LogP contribution in [-0.4, -0.2) is 29.3 Å². The summed E-state index contributed by atoms with van der Waals surface area (Å²) < 4.78 is 33.6. The normalized spacial score (nSPS) is 11.7. The monoisotopic (exact) mass is 385 g/mol. The van der Waals surface area contributed by atoms with Gasteiger partial charge in [0.15, 0.2) is 5.82 Å². The Morgan fingerprint density at radius 1 is 1.00 bits per heavy atom. The molecule has 0 saturated heterocycles. The SMILES string of the molecule is CCn1c(-c2ccccc2)nnc1S(=O)(=O)Cc1ccccc1OC(C)C. The second-order valence-corrected chi connectivity index (χ2v) is 8.33. The average molecular weight is 385 g/mol. The van der Waals surface area contributed by atoms with E-state index >= 15 is 0 Å². The third kappa shape index (κ3) is 4.19. The molecule has 27 heavy (non-hydrogen) atoms. The Kier molecular flexibility index (Phi) is 5.60. The van der Waals surface area contributed by atoms with Crippen LogP contribution in [0.3, 0.4) is 0 Å². The van der Waals surface area contributed by atoms with E-state index in [4.69, 9.17) is 4.74 Å². The maximum absolute atomic E-state index is 13.1. The molecular formula is C20H23N3O3S. The smallest absolute Gasteiger partial charge is 0.250 e. The van der Waals surface area contributed by atoms with Gasteiger partial charge in [-0.15, -0.1) is 10.2 Å². The Balaban J connectivity index is 1.99. The Bertz CT molecular complexity index is 1010. The van der Waals surface area contributed by atoms with E-state index in [2.05, 4.69) is 10.2 Å². The van der Waals surface area contributed by atoms with Crippen LogP contribution in [0.4, 0.5) is 0 Å². The zero-order valence-electron chi connectivity index (χ0n) is 15.7. The zero-order valence-corrected chi connectivity index (χ0v) is 16.5. The van der Waals surface area contributed by atoms with E-state index in [1.807, 2.05) is 57.2 Å². The molecule has 2 aromatic carbocycles. The molecule has 0 bridgehead atoms. The van der Waals surface area contributed by atoms with Crippen LogP contribution in [0.15, 0.2) is 59.8 Å². The number of nitrogens with zero attached hydrogens (tertiary/aromatic N) is 3. The predicted molar refractivity (Wildman–Crippen MR) is 104 cm³/mol. The van der Waals surface area contributed by atoms with Crippen LogP contribution in [0.5, 0.6) is 5.75 Å². The van der Waals surface area contributed by atoms with Crippen molar-refractivity contribution in [2.24, 2.45) is 0 Å². The van der Waals surface area contributed by atoms with Crippen molar-refractivity contribution in [1.82, 2.24) is 14.8 Å². The summed E-state index contributed by atoms with van der Waals surface area (Å²) >= 11 is 0. The summed E-state index contributed by atoms with van der Waals surface area (Å²) in [6.45, 7) is 6.15. The summed E-state index contributed by atoms with van der Waals surface area (Å²) in [5, 5.41) is 8.12. The van der Waals surface area contributed by atoms with E-state index in [-0.39, 0.29) is 17.0 Å². The van der Waals surface area contributed by atoms with Gasteiger partial charge in [-0.3, -0.25) is 4.57 Å². The van der Waals surface area contributed by atoms with Gasteiger partial charge in [0.2, 0.25) is 15.0 Å². The molecule has 0 spiro atoms. The highest BCUT2D eigenvalue weighted by Crippen LogP contribution is 2.26. The second-order valence-electron chi connectivity index (χ2n) is 6.45. The first-order valence-electron chi connectivity index (χ1n) is 8.88. The van der Waals surface area contributed by atoms with Gasteiger partial charge >= 0.3 is 0 Å². The van der Waals surface area contributed by atoms with E-state index in [0.717, 1.165) is 5.56 Å². The summed E-state index contributed by atoms with van der Waals surface area (Å²) in [5.74, 6) is 0.924. The van der Waals surface area contributed by atoms with Gasteiger partial charge in [0.1, 0.15) is 5.75 Å². The van der Waals surface area contributed by atoms with E-state index in [1.165, 1.54) is 0 Å². The van der Waals surface area contributed by atoms with Crippen molar-refractivity contribution >= 4 is 9.84 Å². The number of hydrogen-bond donors (Lipinski definition) is 0. The van der Waals surface area contributed by atoms with Crippen molar-refractivity contribution in [3.05, 3.63) is 60.2 Å². The average Bonchev–Trinajstić information content (AvgIpc) is 3.08. The molecule has 0 fully saturated rings. The zero-order chi connectivity index (χ0) is 19.4. The Morgan fingerprint density at radius 2 is 1.67 bits per heavy atom. The van der Waals surface area contributed by atoms with Crippen LogP contribution in [-0.2, 0) is 22.1 Å². The molecule has 1 aromatic heterocycles. The summed E-state index contributed by atoms with van der Waals surface area (Å²) in [6.07, 6.45) is -0.0437. The third-order valence-electron chi connectivity index (χ3n) is 4.02. The van der Waals surface area contributed by atoms with Crippen molar-refractivity contribution in [2.45, 2.75) is 44.3 Å². The van der Waals surface area contributed by atoms with Gasteiger partial charge in [-0.05, 0) is 26.8 Å². The molecular weight excluding hydrogens is 362 g/mol. The van der Waals surface area contributed by atoms with Gasteiger partial charge in [0, 0.05) is 17.7 Å². The van der Waals surface area contributed by atoms with E-state index in [1.54, 1.807) is 22.8 Å². The van der Waals surface area contributed by atoms with Gasteiger partial charge in [0.25, 0.3) is 0 Å². The number of benzene rings is 2. The molecule has 0 aliphatic carbocycles. The van der Waals surface area contributed by atoms with Crippen molar-refractivity contribution in [1.29, 1.82) is 0 Å². The van der Waals surface area contributed by atoms with Crippen molar-refractivity contribution < 1.29 is 13.2 Å². The Labute approximate surface area is 159 Å². The fourth-order valence-corrected chi connectivity index (χ4v) is 4.36. The van der Waals surface area contributed by atoms with Crippen LogP contribution < -0.4 is 4.74 Å². The first-order valence-corrected chi connectivity index (χ1v) is 10.5. The molecule has 142 valence electrons. The summed E-state index contributed by atoms with van der Waals surface area (Å²) in [5.41, 5.74) is 1.44. The molecule has 0 atom stereocenters. The highest BCUT2D eigenvalue weighted by Gasteiger charge is 2.26. The Morgan fingerprint density at radius 3 is 2.33 bits per heavy atom. The van der Waals surface area contributed by atoms with Gasteiger partial charge in [-0.1, -0.05) is 48.5 Å². The lowest BCUT2D eigenvalue weighted by molar-refractivity contribution is 0.240. The van der Waals surface area contributed by atoms with Gasteiger partial charge in [-0.25, -0.2) is 8.42 Å². The number of rotatable bonds is 7. The molecule has 7 heteroatoms. The maximum Gasteiger partial charge on any atom is 0.250 e. The fourth-order valence-electron chi connectivity index (χ4n) is 2.87. The molecule has 0 N–H and O–H groups in total. The number of hydrogen-bond acceptors (Lipinski definition) is 5. The number of ether oxygens (including phenoxy) is 1. The molecule has 0 unspecified atom stereocenters. The molecule has 0 aliphatic rings. The first kappa shape index (κ1) is 19.1. The topological polar surface area (TPSA) is 74.1 Å². The molecule has 0 saturated carbocycles. The summed E-state index contributed by atoms with van der Waals surface area (Å²) in [4.78, 5) is 0. The van der Waals surface area contributed by atoms with Crippen LogP contribution >= 0.6 is 0 Å². The lowest BCUT2D eigenvalue weighted by atomic mass is 10.2. The third-order valence-corrected chi connectivity index (χ3v) is 5.57. The quantitative estimate of drug-likeness (QED) is 0.620. The summed E-state index contributed by atoms with van der Waals surface area (Å²) in [6, 6.07) is 16.6. The highest BCUT2D eigenvalue weighted by atomic mass is 32.2. The second kappa shape index (κ2) is 7.92. The molecule has 1 heterocycles. The lowest BCUT2D eigenvalue weighted by Crippen LogP contribution is -2.15. The standard InChI is InChI=1S/C20H23N3O3S/c1-4-23-19(16-10-6-5-7-11-16)21-22-20(23)27(24,25)14-17-12-8-9-13-18(17)26-15(2)3/h5-13,15H,4,14H2,1-3H3. The van der Waals surface area contributed by atoms with Crippen LogP contribution in [0.25, 0.3) is 11.4 Å².